The Balaban J connectivity index is 2.31. The average Bonchev–Trinajstić information content (AvgIpc) is 2.77. The van der Waals surface area contributed by atoms with Crippen molar-refractivity contribution in [3.05, 3.63) is 35.9 Å². The summed E-state index contributed by atoms with van der Waals surface area (Å²) in [6.45, 7) is 4.82. The molecule has 3 amide bonds. The van der Waals surface area contributed by atoms with Crippen LogP contribution in [0.15, 0.2) is 30.3 Å². The first-order chi connectivity index (χ1) is 15.7. The van der Waals surface area contributed by atoms with Gasteiger partial charge in [-0.05, 0) is 39.2 Å². The highest BCUT2D eigenvalue weighted by molar-refractivity contribution is 7.80. The first-order valence-electron chi connectivity index (χ1n) is 11.3. The van der Waals surface area contributed by atoms with E-state index >= 15 is 0 Å². The molecule has 0 bridgehead atoms. The molecular formula is C24H34N4O4S. The number of amides is 3. The van der Waals surface area contributed by atoms with Gasteiger partial charge in [-0.15, -0.1) is 0 Å². The molecule has 0 aromatic heterocycles. The van der Waals surface area contributed by atoms with E-state index in [9.17, 15) is 19.6 Å². The molecule has 0 radical (unpaired) electrons. The van der Waals surface area contributed by atoms with Crippen LogP contribution >= 0.6 is 12.6 Å². The summed E-state index contributed by atoms with van der Waals surface area (Å²) in [4.78, 5) is 40.3. The summed E-state index contributed by atoms with van der Waals surface area (Å²) in [7, 11) is 0. The molecule has 0 aliphatic heterocycles. The topological polar surface area (TPSA) is 112 Å². The Kier molecular flexibility index (Phi) is 10.0. The van der Waals surface area contributed by atoms with Gasteiger partial charge in [0.05, 0.1) is 6.07 Å². The molecule has 1 fully saturated rings. The Morgan fingerprint density at radius 3 is 2.36 bits per heavy atom. The quantitative estimate of drug-likeness (QED) is 0.395. The molecule has 8 nitrogen and oxygen atoms in total. The molecule has 180 valence electrons. The van der Waals surface area contributed by atoms with Crippen LogP contribution in [0, 0.1) is 11.3 Å². The number of hydrogen-bond acceptors (Lipinski definition) is 6. The van der Waals surface area contributed by atoms with Gasteiger partial charge in [-0.2, -0.15) is 17.9 Å². The number of carbonyl (C=O) groups excluding carboxylic acids is 3. The second-order valence-electron chi connectivity index (χ2n) is 9.16. The van der Waals surface area contributed by atoms with Crippen molar-refractivity contribution in [3.8, 4) is 6.07 Å². The van der Waals surface area contributed by atoms with E-state index in [0.717, 1.165) is 32.1 Å². The van der Waals surface area contributed by atoms with Gasteiger partial charge in [0, 0.05) is 11.8 Å². The molecule has 2 atom stereocenters. The highest BCUT2D eigenvalue weighted by Gasteiger charge is 2.36. The monoisotopic (exact) mass is 474 g/mol. The molecule has 33 heavy (non-hydrogen) atoms. The van der Waals surface area contributed by atoms with E-state index in [0.29, 0.717) is 5.56 Å². The lowest BCUT2D eigenvalue weighted by Crippen LogP contribution is -2.54. The lowest BCUT2D eigenvalue weighted by molar-refractivity contribution is -0.141. The van der Waals surface area contributed by atoms with Crippen LogP contribution in [0.5, 0.6) is 0 Å². The number of nitriles is 1. The molecular weight excluding hydrogens is 440 g/mol. The molecule has 1 aromatic rings. The lowest BCUT2D eigenvalue weighted by Gasteiger charge is -2.34. The molecule has 1 aliphatic carbocycles. The maximum Gasteiger partial charge on any atom is 0.408 e. The summed E-state index contributed by atoms with van der Waals surface area (Å²) < 4.78 is 5.25. The summed E-state index contributed by atoms with van der Waals surface area (Å²) in [5, 5.41) is 15.1. The Morgan fingerprint density at radius 2 is 1.82 bits per heavy atom. The number of nitrogens with zero attached hydrogens (tertiary/aromatic N) is 2. The lowest BCUT2D eigenvalue weighted by atomic mass is 9.94. The molecule has 2 rings (SSSR count). The third-order valence-corrected chi connectivity index (χ3v) is 5.69. The van der Waals surface area contributed by atoms with Gasteiger partial charge in [0.25, 0.3) is 0 Å². The van der Waals surface area contributed by atoms with Crippen molar-refractivity contribution in [2.75, 3.05) is 12.3 Å². The number of rotatable bonds is 8. The SMILES string of the molecule is CC(C)(C)OC(=O)NC(CS)C(=O)N(CC#N)C(C(=O)NC1CCCCC1)c1ccccc1. The van der Waals surface area contributed by atoms with E-state index in [1.807, 2.05) is 12.1 Å². The predicted molar refractivity (Wildman–Crippen MR) is 129 cm³/mol. The third kappa shape index (κ3) is 8.28. The van der Waals surface area contributed by atoms with Crippen molar-refractivity contribution >= 4 is 30.5 Å². The smallest absolute Gasteiger partial charge is 0.408 e. The average molecular weight is 475 g/mol. The van der Waals surface area contributed by atoms with Crippen LogP contribution in [0.1, 0.15) is 64.5 Å². The van der Waals surface area contributed by atoms with Crippen LogP contribution in [0.4, 0.5) is 4.79 Å². The molecule has 0 heterocycles. The van der Waals surface area contributed by atoms with Gasteiger partial charge in [-0.25, -0.2) is 4.79 Å². The Labute approximate surface area is 201 Å². The zero-order valence-electron chi connectivity index (χ0n) is 19.5. The van der Waals surface area contributed by atoms with Crippen LogP contribution < -0.4 is 10.6 Å². The zero-order chi connectivity index (χ0) is 24.4. The summed E-state index contributed by atoms with van der Waals surface area (Å²) >= 11 is 4.22. The number of thiol groups is 1. The van der Waals surface area contributed by atoms with Crippen molar-refractivity contribution in [1.82, 2.24) is 15.5 Å². The Bertz CT molecular complexity index is 844. The first-order valence-corrected chi connectivity index (χ1v) is 11.9. The standard InChI is InChI=1S/C24H34N4O4S/c1-24(2,3)32-23(31)27-19(16-33)22(30)28(15-14-25)20(17-10-6-4-7-11-17)21(29)26-18-12-8-5-9-13-18/h4,6-7,10-11,18-20,33H,5,8-9,12-13,15-16H2,1-3H3,(H,26,29)(H,27,31). The first kappa shape index (κ1) is 26.5. The highest BCUT2D eigenvalue weighted by atomic mass is 32.1. The van der Waals surface area contributed by atoms with Crippen molar-refractivity contribution in [3.63, 3.8) is 0 Å². The number of benzene rings is 1. The number of hydrogen-bond donors (Lipinski definition) is 3. The van der Waals surface area contributed by atoms with Crippen molar-refractivity contribution in [2.45, 2.75) is 76.6 Å². The maximum absolute atomic E-state index is 13.5. The fourth-order valence-corrected chi connectivity index (χ4v) is 4.09. The molecule has 0 saturated heterocycles. The normalized spacial score (nSPS) is 16.1. The van der Waals surface area contributed by atoms with Gasteiger partial charge < -0.3 is 20.3 Å². The molecule has 2 N–H and O–H groups in total. The minimum absolute atomic E-state index is 0.0221. The van der Waals surface area contributed by atoms with E-state index in [1.54, 1.807) is 45.0 Å². The van der Waals surface area contributed by atoms with Crippen LogP contribution in [0.25, 0.3) is 0 Å². The molecule has 2 unspecified atom stereocenters. The fourth-order valence-electron chi connectivity index (χ4n) is 3.84. The predicted octanol–water partition coefficient (Wildman–Crippen LogP) is 3.35. The Morgan fingerprint density at radius 1 is 1.18 bits per heavy atom. The molecule has 1 aliphatic rings. The molecule has 9 heteroatoms. The molecule has 0 spiro atoms. The zero-order valence-corrected chi connectivity index (χ0v) is 20.4. The summed E-state index contributed by atoms with van der Waals surface area (Å²) in [5.74, 6) is -0.942. The summed E-state index contributed by atoms with van der Waals surface area (Å²) in [5.41, 5.74) is -0.155. The van der Waals surface area contributed by atoms with Gasteiger partial charge in [-0.3, -0.25) is 9.59 Å². The number of nitrogens with one attached hydrogen (secondary N) is 2. The number of carbonyl (C=O) groups is 3. The van der Waals surface area contributed by atoms with Crippen LogP contribution in [0.2, 0.25) is 0 Å². The minimum Gasteiger partial charge on any atom is -0.444 e. The van der Waals surface area contributed by atoms with Gasteiger partial charge in [-0.1, -0.05) is 49.6 Å². The van der Waals surface area contributed by atoms with Gasteiger partial charge in [0.15, 0.2) is 0 Å². The van der Waals surface area contributed by atoms with Crippen LogP contribution in [-0.2, 0) is 14.3 Å². The number of alkyl carbamates (subject to hydrolysis) is 1. The van der Waals surface area contributed by atoms with E-state index in [1.165, 1.54) is 4.90 Å². The largest absolute Gasteiger partial charge is 0.444 e. The second-order valence-corrected chi connectivity index (χ2v) is 9.53. The number of ether oxygens (including phenoxy) is 1. The van der Waals surface area contributed by atoms with Crippen LogP contribution in [-0.4, -0.2) is 52.8 Å². The van der Waals surface area contributed by atoms with E-state index in [4.69, 9.17) is 4.74 Å². The van der Waals surface area contributed by atoms with Gasteiger partial charge >= 0.3 is 6.09 Å². The fraction of sp³-hybridized carbons (Fsp3) is 0.583. The van der Waals surface area contributed by atoms with Crippen molar-refractivity contribution < 1.29 is 19.1 Å². The highest BCUT2D eigenvalue weighted by Crippen LogP contribution is 2.24. The van der Waals surface area contributed by atoms with Gasteiger partial charge in [0.1, 0.15) is 24.2 Å². The summed E-state index contributed by atoms with van der Waals surface area (Å²) in [6, 6.07) is 8.82. The van der Waals surface area contributed by atoms with E-state index in [2.05, 4.69) is 23.3 Å². The third-order valence-electron chi connectivity index (χ3n) is 5.32. The second kappa shape index (κ2) is 12.5. The molecule has 1 aromatic carbocycles. The molecule has 1 saturated carbocycles. The Hall–Kier alpha value is -2.73. The van der Waals surface area contributed by atoms with Crippen molar-refractivity contribution in [1.29, 1.82) is 5.26 Å². The summed E-state index contributed by atoms with van der Waals surface area (Å²) in [6.07, 6.45) is 4.24. The van der Waals surface area contributed by atoms with E-state index < -0.39 is 29.7 Å². The van der Waals surface area contributed by atoms with Crippen LogP contribution in [0.3, 0.4) is 0 Å². The minimum atomic E-state index is -1.06. The van der Waals surface area contributed by atoms with Gasteiger partial charge in [0.2, 0.25) is 11.8 Å². The van der Waals surface area contributed by atoms with Crippen molar-refractivity contribution in [2.24, 2.45) is 0 Å². The maximum atomic E-state index is 13.5. The van der Waals surface area contributed by atoms with E-state index in [-0.39, 0.29) is 24.2 Å².